The van der Waals surface area contributed by atoms with Gasteiger partial charge in [-0.2, -0.15) is 48.3 Å². The molecule has 0 fully saturated rings. The van der Waals surface area contributed by atoms with E-state index in [1.165, 1.54) is 22.6 Å². The normalized spacial score (nSPS) is 17.3. The Balaban J connectivity index is 5.54. The lowest BCUT2D eigenvalue weighted by Crippen LogP contribution is -2.67. The number of halogens is 12. The van der Waals surface area contributed by atoms with Crippen molar-refractivity contribution >= 4 is 22.6 Å². The molecule has 0 nitrogen and oxygen atoms in total. The predicted molar refractivity (Wildman–Crippen MR) is 81.6 cm³/mol. The Morgan fingerprint density at radius 2 is 1.12 bits per heavy atom. The van der Waals surface area contributed by atoms with Gasteiger partial charge in [-0.25, -0.2) is 0 Å². The lowest BCUT2D eigenvalue weighted by atomic mass is 9.89. The first kappa shape index (κ1) is 26.0. The van der Waals surface area contributed by atoms with Crippen LogP contribution in [-0.2, 0) is 0 Å². The number of hydrogen-bond donors (Lipinski definition) is 0. The van der Waals surface area contributed by atoms with E-state index in [9.17, 15) is 48.3 Å². The molecule has 0 aliphatic rings. The van der Waals surface area contributed by atoms with Crippen LogP contribution in [0.2, 0.25) is 0 Å². The van der Waals surface area contributed by atoms with Crippen LogP contribution in [0.3, 0.4) is 0 Å². The summed E-state index contributed by atoms with van der Waals surface area (Å²) in [5, 5.41) is 0. The molecule has 0 aliphatic heterocycles. The maximum atomic E-state index is 13.8. The molecule has 26 heavy (non-hydrogen) atoms. The second kappa shape index (κ2) is 8.14. The van der Waals surface area contributed by atoms with Crippen molar-refractivity contribution < 1.29 is 48.3 Å². The molecule has 0 aromatic heterocycles. The van der Waals surface area contributed by atoms with Gasteiger partial charge in [0.15, 0.2) is 0 Å². The summed E-state index contributed by atoms with van der Waals surface area (Å²) in [6.07, 6.45) is -6.93. The van der Waals surface area contributed by atoms with Gasteiger partial charge in [-0.3, -0.25) is 0 Å². The van der Waals surface area contributed by atoms with Crippen LogP contribution in [0.4, 0.5) is 48.3 Å². The van der Waals surface area contributed by atoms with Crippen molar-refractivity contribution in [1.29, 1.82) is 0 Å². The molecular formula is C14H18F11I. The Morgan fingerprint density at radius 1 is 0.654 bits per heavy atom. The van der Waals surface area contributed by atoms with E-state index < -0.39 is 39.7 Å². The smallest absolute Gasteiger partial charge is 0.200 e. The monoisotopic (exact) mass is 522 g/mol. The van der Waals surface area contributed by atoms with Gasteiger partial charge in [-0.1, -0.05) is 62.1 Å². The van der Waals surface area contributed by atoms with Crippen LogP contribution in [0.1, 0.15) is 52.4 Å². The van der Waals surface area contributed by atoms with E-state index in [2.05, 4.69) is 0 Å². The molecule has 0 heterocycles. The van der Waals surface area contributed by atoms with Crippen LogP contribution in [0.15, 0.2) is 0 Å². The highest BCUT2D eigenvalue weighted by molar-refractivity contribution is 14.1. The number of alkyl halides is 12. The number of unbranched alkanes of at least 4 members (excludes halogenated alkanes) is 3. The van der Waals surface area contributed by atoms with Gasteiger partial charge >= 0.3 is 29.9 Å². The van der Waals surface area contributed by atoms with E-state index in [1.807, 2.05) is 6.92 Å². The van der Waals surface area contributed by atoms with Crippen molar-refractivity contribution in [2.75, 3.05) is 0 Å². The fourth-order valence-electron chi connectivity index (χ4n) is 2.19. The first-order valence-electron chi connectivity index (χ1n) is 7.54. The molecule has 0 saturated carbocycles. The third-order valence-corrected chi connectivity index (χ3v) is 4.67. The maximum absolute atomic E-state index is 13.8. The van der Waals surface area contributed by atoms with Crippen molar-refractivity contribution in [3.63, 3.8) is 0 Å². The summed E-state index contributed by atoms with van der Waals surface area (Å²) < 4.78 is 141. The van der Waals surface area contributed by atoms with Gasteiger partial charge in [0.25, 0.3) is 0 Å². The Kier molecular flexibility index (Phi) is 8.13. The topological polar surface area (TPSA) is 0 Å². The highest BCUT2D eigenvalue weighted by Crippen LogP contribution is 2.59. The van der Waals surface area contributed by atoms with E-state index in [-0.39, 0.29) is 12.8 Å². The summed E-state index contributed by atoms with van der Waals surface area (Å²) in [5.74, 6) is -27.3. The second-order valence-corrected chi connectivity index (χ2v) is 8.93. The van der Waals surface area contributed by atoms with E-state index in [4.69, 9.17) is 0 Å². The first-order chi connectivity index (χ1) is 11.3. The van der Waals surface area contributed by atoms with Crippen LogP contribution in [0.25, 0.3) is 0 Å². The van der Waals surface area contributed by atoms with Crippen LogP contribution < -0.4 is 0 Å². The Bertz CT molecular complexity index is 454. The van der Waals surface area contributed by atoms with Crippen LogP contribution >= 0.6 is 22.6 Å². The molecule has 158 valence electrons. The highest BCUT2D eigenvalue weighted by Gasteiger charge is 2.87. The average Bonchev–Trinajstić information content (AvgIpc) is 2.40. The van der Waals surface area contributed by atoms with Crippen LogP contribution in [-0.4, -0.2) is 33.3 Å². The summed E-state index contributed by atoms with van der Waals surface area (Å²) in [4.78, 5) is 0. The fourth-order valence-corrected chi connectivity index (χ4v) is 3.05. The van der Waals surface area contributed by atoms with Gasteiger partial charge < -0.3 is 0 Å². The van der Waals surface area contributed by atoms with Gasteiger partial charge in [-0.05, 0) is 6.42 Å². The lowest BCUT2D eigenvalue weighted by molar-refractivity contribution is -0.422. The SMILES string of the molecule is CCCCCCC(C)(I)CC(F)(F)C(F)(F)C(F)(F)C(F)(F)C(F)(F)F. The quantitative estimate of drug-likeness (QED) is 0.120. The third kappa shape index (κ3) is 5.27. The van der Waals surface area contributed by atoms with Crippen LogP contribution in [0, 0.1) is 0 Å². The first-order valence-corrected chi connectivity index (χ1v) is 8.61. The molecule has 0 spiro atoms. The summed E-state index contributed by atoms with van der Waals surface area (Å²) in [6, 6.07) is 0. The zero-order chi connectivity index (χ0) is 21.2. The van der Waals surface area contributed by atoms with Crippen molar-refractivity contribution in [2.45, 2.75) is 85.7 Å². The zero-order valence-electron chi connectivity index (χ0n) is 13.8. The lowest BCUT2D eigenvalue weighted by Gasteiger charge is -2.39. The second-order valence-electron chi connectivity index (χ2n) is 6.33. The van der Waals surface area contributed by atoms with Gasteiger partial charge in [0.2, 0.25) is 0 Å². The van der Waals surface area contributed by atoms with E-state index in [0.29, 0.717) is 12.8 Å². The average molecular weight is 522 g/mol. The standard InChI is InChI=1S/C14H18F11I/c1-3-4-5-6-7-9(2,26)8-10(15,16)11(17,18)12(19,20)13(21,22)14(23,24)25/h3-8H2,1-2H3. The number of hydrogen-bond acceptors (Lipinski definition) is 0. The van der Waals surface area contributed by atoms with Crippen molar-refractivity contribution in [2.24, 2.45) is 0 Å². The molecule has 0 bridgehead atoms. The van der Waals surface area contributed by atoms with E-state index in [1.54, 1.807) is 0 Å². The molecule has 1 unspecified atom stereocenters. The predicted octanol–water partition coefficient (Wildman–Crippen LogP) is 7.64. The summed E-state index contributed by atoms with van der Waals surface area (Å²) in [5.41, 5.74) is 0. The Morgan fingerprint density at radius 3 is 1.50 bits per heavy atom. The van der Waals surface area contributed by atoms with Gasteiger partial charge in [-0.15, -0.1) is 0 Å². The molecule has 12 heteroatoms. The van der Waals surface area contributed by atoms with Crippen molar-refractivity contribution in [3.8, 4) is 0 Å². The summed E-state index contributed by atoms with van der Waals surface area (Å²) in [7, 11) is 0. The Hall–Kier alpha value is -0.0400. The van der Waals surface area contributed by atoms with Crippen LogP contribution in [0.5, 0.6) is 0 Å². The molecule has 0 aromatic rings. The minimum absolute atomic E-state index is 0.125. The maximum Gasteiger partial charge on any atom is 0.460 e. The molecule has 1 atom stereocenters. The molecule has 0 saturated heterocycles. The fraction of sp³-hybridized carbons (Fsp3) is 1.00. The minimum atomic E-state index is -7.32. The van der Waals surface area contributed by atoms with E-state index in [0.717, 1.165) is 13.3 Å². The molecular weight excluding hydrogens is 504 g/mol. The minimum Gasteiger partial charge on any atom is -0.200 e. The Labute approximate surface area is 157 Å². The van der Waals surface area contributed by atoms with Gasteiger partial charge in [0.05, 0.1) is 0 Å². The third-order valence-electron chi connectivity index (χ3n) is 3.75. The molecule has 0 rings (SSSR count). The highest BCUT2D eigenvalue weighted by atomic mass is 127. The molecule has 0 N–H and O–H groups in total. The zero-order valence-corrected chi connectivity index (χ0v) is 15.9. The van der Waals surface area contributed by atoms with Crippen molar-refractivity contribution in [1.82, 2.24) is 0 Å². The molecule has 0 amide bonds. The number of rotatable bonds is 10. The summed E-state index contributed by atoms with van der Waals surface area (Å²) in [6.45, 7) is 2.85. The molecule has 0 radical (unpaired) electrons. The molecule has 0 aliphatic carbocycles. The van der Waals surface area contributed by atoms with Crippen molar-refractivity contribution in [3.05, 3.63) is 0 Å². The van der Waals surface area contributed by atoms with Gasteiger partial charge in [0, 0.05) is 9.84 Å². The molecule has 0 aromatic carbocycles. The van der Waals surface area contributed by atoms with E-state index >= 15 is 0 Å². The largest absolute Gasteiger partial charge is 0.460 e. The van der Waals surface area contributed by atoms with Gasteiger partial charge in [0.1, 0.15) is 0 Å². The summed E-state index contributed by atoms with van der Waals surface area (Å²) >= 11 is 1.29.